The molecular formula is C19H29N3O3S. The van der Waals surface area contributed by atoms with E-state index < -0.39 is 9.84 Å². The van der Waals surface area contributed by atoms with Gasteiger partial charge in [-0.25, -0.2) is 8.42 Å². The van der Waals surface area contributed by atoms with Crippen LogP contribution in [0.2, 0.25) is 0 Å². The van der Waals surface area contributed by atoms with Crippen LogP contribution in [-0.2, 0) is 20.3 Å². The molecule has 2 N–H and O–H groups in total. The summed E-state index contributed by atoms with van der Waals surface area (Å²) in [6, 6.07) is 9.63. The maximum absolute atomic E-state index is 12.2. The molecule has 1 aromatic rings. The molecular weight excluding hydrogens is 350 g/mol. The molecule has 2 heterocycles. The van der Waals surface area contributed by atoms with E-state index in [2.05, 4.69) is 15.6 Å². The summed E-state index contributed by atoms with van der Waals surface area (Å²) in [5.41, 5.74) is 0.835. The lowest BCUT2D eigenvalue weighted by molar-refractivity contribution is 0.0992. The fraction of sp³-hybridized carbons (Fsp3) is 0.632. The van der Waals surface area contributed by atoms with Crippen LogP contribution in [0.5, 0.6) is 0 Å². The predicted molar refractivity (Wildman–Crippen MR) is 104 cm³/mol. The van der Waals surface area contributed by atoms with Gasteiger partial charge in [0.2, 0.25) is 0 Å². The first-order valence-electron chi connectivity index (χ1n) is 9.50. The minimum absolute atomic E-state index is 0.0956. The monoisotopic (exact) mass is 379 g/mol. The Morgan fingerprint density at radius 1 is 1.27 bits per heavy atom. The zero-order valence-electron chi connectivity index (χ0n) is 15.4. The summed E-state index contributed by atoms with van der Waals surface area (Å²) in [6.07, 6.45) is 4.51. The molecule has 0 amide bonds. The van der Waals surface area contributed by atoms with Crippen molar-refractivity contribution in [3.05, 3.63) is 35.9 Å². The van der Waals surface area contributed by atoms with Crippen molar-refractivity contribution in [1.29, 1.82) is 0 Å². The number of hydrogen-bond acceptors (Lipinski definition) is 4. The highest BCUT2D eigenvalue weighted by Crippen LogP contribution is 2.34. The number of hydrogen-bond donors (Lipinski definition) is 2. The summed E-state index contributed by atoms with van der Waals surface area (Å²) < 4.78 is 30.3. The van der Waals surface area contributed by atoms with Gasteiger partial charge in [-0.05, 0) is 38.2 Å². The zero-order chi connectivity index (χ0) is 18.4. The lowest BCUT2D eigenvalue weighted by Crippen LogP contribution is -2.47. The molecule has 0 radical (unpaired) electrons. The van der Waals surface area contributed by atoms with Gasteiger partial charge in [0, 0.05) is 13.1 Å². The van der Waals surface area contributed by atoms with Crippen molar-refractivity contribution in [1.82, 2.24) is 10.6 Å². The SMILES string of the molecule is CCNC(=NCCCS(=O)(=O)Cc1ccccc1)NC1CC2CCC1O2. The molecule has 6 nitrogen and oxygen atoms in total. The van der Waals surface area contributed by atoms with Gasteiger partial charge in [-0.2, -0.15) is 0 Å². The van der Waals surface area contributed by atoms with Crippen LogP contribution in [-0.4, -0.2) is 51.5 Å². The van der Waals surface area contributed by atoms with Crippen molar-refractivity contribution in [3.8, 4) is 0 Å². The van der Waals surface area contributed by atoms with E-state index in [1.807, 2.05) is 37.3 Å². The summed E-state index contributed by atoms with van der Waals surface area (Å²) in [5.74, 6) is 1.01. The van der Waals surface area contributed by atoms with Gasteiger partial charge < -0.3 is 15.4 Å². The van der Waals surface area contributed by atoms with Gasteiger partial charge in [0.1, 0.15) is 0 Å². The number of sulfone groups is 1. The van der Waals surface area contributed by atoms with Crippen molar-refractivity contribution in [3.63, 3.8) is 0 Å². The van der Waals surface area contributed by atoms with Crippen LogP contribution in [0, 0.1) is 0 Å². The average molecular weight is 380 g/mol. The first-order valence-corrected chi connectivity index (χ1v) is 11.3. The van der Waals surface area contributed by atoms with E-state index >= 15 is 0 Å². The van der Waals surface area contributed by atoms with Gasteiger partial charge in [0.05, 0.1) is 29.8 Å². The van der Waals surface area contributed by atoms with Crippen LogP contribution in [0.4, 0.5) is 0 Å². The second-order valence-corrected chi connectivity index (χ2v) is 9.24. The standard InChI is InChI=1S/C19H29N3O3S/c1-2-20-19(22-17-13-16-9-10-18(17)25-16)21-11-6-12-26(23,24)14-15-7-4-3-5-8-15/h3-5,7-8,16-18H,2,6,9-14H2,1H3,(H2,20,21,22). The predicted octanol–water partition coefficient (Wildman–Crippen LogP) is 1.87. The Balaban J connectivity index is 1.45. The van der Waals surface area contributed by atoms with Crippen molar-refractivity contribution in [2.45, 2.75) is 56.6 Å². The fourth-order valence-electron chi connectivity index (χ4n) is 3.66. The third-order valence-electron chi connectivity index (χ3n) is 4.89. The maximum atomic E-state index is 12.2. The van der Waals surface area contributed by atoms with Crippen LogP contribution in [0.25, 0.3) is 0 Å². The lowest BCUT2D eigenvalue weighted by Gasteiger charge is -2.22. The van der Waals surface area contributed by atoms with E-state index in [0.717, 1.165) is 37.3 Å². The molecule has 2 fully saturated rings. The quantitative estimate of drug-likeness (QED) is 0.409. The van der Waals surface area contributed by atoms with Crippen LogP contribution in [0.1, 0.15) is 38.2 Å². The number of aliphatic imine (C=N–C) groups is 1. The number of rotatable bonds is 8. The Morgan fingerprint density at radius 2 is 2.08 bits per heavy atom. The minimum Gasteiger partial charge on any atom is -0.373 e. The van der Waals surface area contributed by atoms with Gasteiger partial charge in [0.25, 0.3) is 0 Å². The molecule has 3 rings (SSSR count). The van der Waals surface area contributed by atoms with Crippen LogP contribution in [0.15, 0.2) is 35.3 Å². The van der Waals surface area contributed by atoms with Gasteiger partial charge in [-0.1, -0.05) is 30.3 Å². The Kier molecular flexibility index (Phi) is 6.53. The highest BCUT2D eigenvalue weighted by molar-refractivity contribution is 7.90. The van der Waals surface area contributed by atoms with E-state index in [9.17, 15) is 8.42 Å². The molecule has 0 saturated carbocycles. The first-order chi connectivity index (χ1) is 12.6. The summed E-state index contributed by atoms with van der Waals surface area (Å²) in [7, 11) is -3.10. The maximum Gasteiger partial charge on any atom is 0.191 e. The Labute approximate surface area is 156 Å². The number of fused-ring (bicyclic) bond motifs is 2. The topological polar surface area (TPSA) is 79.8 Å². The van der Waals surface area contributed by atoms with Gasteiger partial charge in [-0.3, -0.25) is 4.99 Å². The summed E-state index contributed by atoms with van der Waals surface area (Å²) >= 11 is 0. The van der Waals surface area contributed by atoms with E-state index in [1.165, 1.54) is 0 Å². The van der Waals surface area contributed by atoms with E-state index in [1.54, 1.807) is 0 Å². The molecule has 2 saturated heterocycles. The zero-order valence-corrected chi connectivity index (χ0v) is 16.2. The van der Waals surface area contributed by atoms with Crippen LogP contribution < -0.4 is 10.6 Å². The molecule has 0 spiro atoms. The van der Waals surface area contributed by atoms with E-state index in [-0.39, 0.29) is 17.6 Å². The number of guanidine groups is 1. The van der Waals surface area contributed by atoms with Crippen LogP contribution >= 0.6 is 0 Å². The number of nitrogens with one attached hydrogen (secondary N) is 2. The fourth-order valence-corrected chi connectivity index (χ4v) is 5.07. The Hall–Kier alpha value is -1.60. The van der Waals surface area contributed by atoms with Crippen LogP contribution in [0.3, 0.4) is 0 Å². The average Bonchev–Trinajstić information content (AvgIpc) is 3.22. The highest BCUT2D eigenvalue weighted by atomic mass is 32.2. The third-order valence-corrected chi connectivity index (χ3v) is 6.57. The first kappa shape index (κ1) is 19.2. The molecule has 0 aromatic heterocycles. The molecule has 3 atom stereocenters. The molecule has 1 aromatic carbocycles. The molecule has 3 unspecified atom stereocenters. The van der Waals surface area contributed by atoms with Crippen molar-refractivity contribution in [2.24, 2.45) is 4.99 Å². The summed E-state index contributed by atoms with van der Waals surface area (Å²) in [5, 5.41) is 6.69. The van der Waals surface area contributed by atoms with E-state index in [4.69, 9.17) is 4.74 Å². The largest absolute Gasteiger partial charge is 0.373 e. The lowest BCUT2D eigenvalue weighted by atomic mass is 9.96. The van der Waals surface area contributed by atoms with Gasteiger partial charge in [-0.15, -0.1) is 0 Å². The Morgan fingerprint density at radius 3 is 2.73 bits per heavy atom. The summed E-state index contributed by atoms with van der Waals surface area (Å²) in [6.45, 7) is 3.30. The molecule has 144 valence electrons. The van der Waals surface area contributed by atoms with Gasteiger partial charge in [0.15, 0.2) is 15.8 Å². The molecule has 26 heavy (non-hydrogen) atoms. The molecule has 2 bridgehead atoms. The smallest absolute Gasteiger partial charge is 0.191 e. The highest BCUT2D eigenvalue weighted by Gasteiger charge is 2.41. The molecule has 2 aliphatic heterocycles. The van der Waals surface area contributed by atoms with Crippen molar-refractivity contribution >= 4 is 15.8 Å². The van der Waals surface area contributed by atoms with Crippen molar-refractivity contribution < 1.29 is 13.2 Å². The second-order valence-electron chi connectivity index (χ2n) is 7.05. The summed E-state index contributed by atoms with van der Waals surface area (Å²) in [4.78, 5) is 4.55. The minimum atomic E-state index is -3.10. The molecule has 7 heteroatoms. The van der Waals surface area contributed by atoms with E-state index in [0.29, 0.717) is 25.1 Å². The number of benzene rings is 1. The number of ether oxygens (including phenoxy) is 1. The number of nitrogens with zero attached hydrogens (tertiary/aromatic N) is 1. The molecule has 0 aliphatic carbocycles. The van der Waals surface area contributed by atoms with Gasteiger partial charge >= 0.3 is 0 Å². The normalized spacial score (nSPS) is 25.4. The third kappa shape index (κ3) is 5.45. The van der Waals surface area contributed by atoms with Crippen molar-refractivity contribution in [2.75, 3.05) is 18.8 Å². The Bertz CT molecular complexity index is 706. The second kappa shape index (κ2) is 8.86. The molecule has 2 aliphatic rings.